The smallest absolute Gasteiger partial charge is 0.319 e. The van der Waals surface area contributed by atoms with Gasteiger partial charge in [0.2, 0.25) is 0 Å². The number of benzene rings is 3. The number of urea groups is 1. The molecule has 282 valence electrons. The number of pyridine rings is 1. The van der Waals surface area contributed by atoms with Gasteiger partial charge in [-0.15, -0.1) is 0 Å². The van der Waals surface area contributed by atoms with E-state index in [4.69, 9.17) is 9.47 Å². The van der Waals surface area contributed by atoms with E-state index in [0.717, 1.165) is 30.0 Å². The third kappa shape index (κ3) is 15.0. The number of hydrogen-bond donors (Lipinski definition) is 5. The number of aryl methyl sites for hydroxylation is 1. The van der Waals surface area contributed by atoms with Crippen molar-refractivity contribution in [3.63, 3.8) is 0 Å². The first kappa shape index (κ1) is 40.3. The van der Waals surface area contributed by atoms with E-state index >= 15 is 0 Å². The normalized spacial score (nSPS) is 11.0. The van der Waals surface area contributed by atoms with Crippen LogP contribution in [0.5, 0.6) is 11.5 Å². The summed E-state index contributed by atoms with van der Waals surface area (Å²) in [6.07, 6.45) is 2.37. The van der Waals surface area contributed by atoms with Crippen LogP contribution in [0, 0.1) is 6.92 Å². The predicted octanol–water partition coefficient (Wildman–Crippen LogP) is 6.51. The average molecular weight is 735 g/mol. The molecule has 0 spiro atoms. The van der Waals surface area contributed by atoms with Crippen molar-refractivity contribution in [1.29, 1.82) is 0 Å². The zero-order chi connectivity index (χ0) is 38.5. The van der Waals surface area contributed by atoms with Crippen LogP contribution in [0.4, 0.5) is 22.0 Å². The molecule has 13 nitrogen and oxygen atoms in total. The second kappa shape index (κ2) is 21.8. The molecule has 13 heteroatoms. The molecule has 0 bridgehead atoms. The predicted molar refractivity (Wildman–Crippen MR) is 208 cm³/mol. The SMILES string of the molecule is C=C=Nc1ccc(NC(=O)NCC(=O)CCCCOc2ccc(C(=O)NC(CC(=O)O)Cc3ccc(OCCCNc4cccc(C)n4)cc3)cc2)cc1. The Morgan fingerprint density at radius 2 is 1.56 bits per heavy atom. The van der Waals surface area contributed by atoms with E-state index in [9.17, 15) is 24.3 Å². The van der Waals surface area contributed by atoms with Gasteiger partial charge in [0.1, 0.15) is 17.3 Å². The summed E-state index contributed by atoms with van der Waals surface area (Å²) in [5.74, 6) is 3.03. The van der Waals surface area contributed by atoms with Crippen molar-refractivity contribution in [1.82, 2.24) is 15.6 Å². The fraction of sp³-hybridized carbons (Fsp3) is 0.293. The Balaban J connectivity index is 1.11. The number of hydrogen-bond acceptors (Lipinski definition) is 9. The summed E-state index contributed by atoms with van der Waals surface area (Å²) in [4.78, 5) is 57.2. The molecular weight excluding hydrogens is 688 g/mol. The maximum atomic E-state index is 13.0. The highest BCUT2D eigenvalue weighted by molar-refractivity contribution is 5.95. The molecule has 4 aromatic rings. The molecule has 1 unspecified atom stereocenters. The van der Waals surface area contributed by atoms with Crippen molar-refractivity contribution in [2.24, 2.45) is 4.99 Å². The molecule has 0 aliphatic rings. The average Bonchev–Trinajstić information content (AvgIpc) is 3.15. The monoisotopic (exact) mass is 734 g/mol. The Bertz CT molecular complexity index is 1880. The Morgan fingerprint density at radius 1 is 0.870 bits per heavy atom. The Hall–Kier alpha value is -6.46. The number of aliphatic imine (C=N–C) groups is 1. The Kier molecular flexibility index (Phi) is 16.3. The van der Waals surface area contributed by atoms with Crippen molar-refractivity contribution >= 4 is 46.8 Å². The zero-order valence-corrected chi connectivity index (χ0v) is 30.3. The minimum Gasteiger partial charge on any atom is -0.494 e. The van der Waals surface area contributed by atoms with Crippen molar-refractivity contribution in [3.05, 3.63) is 114 Å². The van der Waals surface area contributed by atoms with Crippen LogP contribution in [-0.2, 0) is 16.0 Å². The number of carboxylic acids is 1. The van der Waals surface area contributed by atoms with E-state index in [2.05, 4.69) is 43.7 Å². The number of rotatable bonds is 22. The van der Waals surface area contributed by atoms with Gasteiger partial charge in [-0.25, -0.2) is 14.8 Å². The summed E-state index contributed by atoms with van der Waals surface area (Å²) in [6.45, 7) is 6.89. The molecule has 4 rings (SSSR count). The molecule has 0 fully saturated rings. The van der Waals surface area contributed by atoms with Crippen LogP contribution in [0.3, 0.4) is 0 Å². The quantitative estimate of drug-likeness (QED) is 0.0444. The fourth-order valence-corrected chi connectivity index (χ4v) is 5.25. The van der Waals surface area contributed by atoms with Crippen molar-refractivity contribution in [2.45, 2.75) is 51.5 Å². The number of anilines is 2. The molecule has 0 aliphatic heterocycles. The van der Waals surface area contributed by atoms with E-state index < -0.39 is 18.0 Å². The molecule has 1 aromatic heterocycles. The van der Waals surface area contributed by atoms with Gasteiger partial charge in [0.05, 0.1) is 31.9 Å². The molecule has 0 radical (unpaired) electrons. The molecule has 0 saturated carbocycles. The van der Waals surface area contributed by atoms with E-state index in [1.165, 1.54) is 0 Å². The van der Waals surface area contributed by atoms with Crippen LogP contribution >= 0.6 is 0 Å². The number of aromatic nitrogens is 1. The van der Waals surface area contributed by atoms with Gasteiger partial charge in [0.25, 0.3) is 5.91 Å². The summed E-state index contributed by atoms with van der Waals surface area (Å²) in [7, 11) is 0. The van der Waals surface area contributed by atoms with E-state index in [-0.39, 0.29) is 31.1 Å². The van der Waals surface area contributed by atoms with Crippen LogP contribution < -0.4 is 30.7 Å². The largest absolute Gasteiger partial charge is 0.494 e. The molecule has 1 atom stereocenters. The number of nitrogens with one attached hydrogen (secondary N) is 4. The number of ether oxygens (including phenoxy) is 2. The minimum absolute atomic E-state index is 0.0869. The molecule has 3 amide bonds. The summed E-state index contributed by atoms with van der Waals surface area (Å²) in [6, 6.07) is 25.5. The van der Waals surface area contributed by atoms with Crippen molar-refractivity contribution in [2.75, 3.05) is 36.9 Å². The summed E-state index contributed by atoms with van der Waals surface area (Å²) >= 11 is 0. The number of carbonyl (C=O) groups excluding carboxylic acids is 3. The van der Waals surface area contributed by atoms with Gasteiger partial charge >= 0.3 is 12.0 Å². The van der Waals surface area contributed by atoms with Gasteiger partial charge in [0.15, 0.2) is 5.78 Å². The Labute approximate surface area is 314 Å². The van der Waals surface area contributed by atoms with Gasteiger partial charge in [-0.1, -0.05) is 18.2 Å². The second-order valence-corrected chi connectivity index (χ2v) is 12.4. The lowest BCUT2D eigenvalue weighted by atomic mass is 10.0. The highest BCUT2D eigenvalue weighted by Gasteiger charge is 2.18. The first-order valence-electron chi connectivity index (χ1n) is 17.7. The van der Waals surface area contributed by atoms with Gasteiger partial charge < -0.3 is 35.8 Å². The molecule has 3 aromatic carbocycles. The third-order valence-electron chi connectivity index (χ3n) is 7.96. The molecular formula is C41H46N6O7. The van der Waals surface area contributed by atoms with Crippen molar-refractivity contribution in [3.8, 4) is 11.5 Å². The molecule has 1 heterocycles. The lowest BCUT2D eigenvalue weighted by Gasteiger charge is -2.18. The number of Topliss-reactive ketones (excluding diaryl/α,β-unsaturated/α-hetero) is 1. The van der Waals surface area contributed by atoms with Crippen LogP contribution in [-0.4, -0.2) is 72.0 Å². The van der Waals surface area contributed by atoms with Crippen LogP contribution in [0.1, 0.15) is 53.7 Å². The lowest BCUT2D eigenvalue weighted by molar-refractivity contribution is -0.137. The van der Waals surface area contributed by atoms with Gasteiger partial charge in [-0.2, -0.15) is 0 Å². The number of carbonyl (C=O) groups is 4. The maximum Gasteiger partial charge on any atom is 0.319 e. The summed E-state index contributed by atoms with van der Waals surface area (Å²) in [5, 5.41) is 20.8. The zero-order valence-electron chi connectivity index (χ0n) is 30.3. The van der Waals surface area contributed by atoms with E-state index in [0.29, 0.717) is 60.9 Å². The topological polar surface area (TPSA) is 180 Å². The molecule has 0 aliphatic carbocycles. The van der Waals surface area contributed by atoms with E-state index in [1.54, 1.807) is 48.5 Å². The molecule has 0 saturated heterocycles. The number of ketones is 1. The number of aliphatic carboxylic acids is 1. The minimum atomic E-state index is -1.01. The third-order valence-corrected chi connectivity index (χ3v) is 7.96. The first-order chi connectivity index (χ1) is 26.2. The summed E-state index contributed by atoms with van der Waals surface area (Å²) < 4.78 is 11.6. The number of amides is 3. The Morgan fingerprint density at radius 3 is 2.22 bits per heavy atom. The van der Waals surface area contributed by atoms with E-state index in [1.807, 2.05) is 49.4 Å². The second-order valence-electron chi connectivity index (χ2n) is 12.4. The first-order valence-corrected chi connectivity index (χ1v) is 17.7. The molecule has 54 heavy (non-hydrogen) atoms. The standard InChI is InChI=1S/C41H46N6O7/c1-3-42-32-15-17-33(18-16-32)47-41(52)44-28-35(48)9-4-5-24-53-37-21-13-31(14-22-37)40(51)46-34(27-39(49)50)26-30-11-19-36(20-12-30)54-25-7-23-43-38-10-6-8-29(2)45-38/h6,8,10-22,34H,1,4-5,7,9,23-28H2,2H3,(H,43,45)(H,46,51)(H,49,50)(H2,44,47,52). The van der Waals surface area contributed by atoms with Crippen LogP contribution in [0.25, 0.3) is 0 Å². The highest BCUT2D eigenvalue weighted by Crippen LogP contribution is 2.18. The van der Waals surface area contributed by atoms with Gasteiger partial charge in [-0.05, 0) is 123 Å². The van der Waals surface area contributed by atoms with Crippen LogP contribution in [0.15, 0.2) is 103 Å². The van der Waals surface area contributed by atoms with Crippen molar-refractivity contribution < 1.29 is 33.8 Å². The van der Waals surface area contributed by atoms with Gasteiger partial charge in [-0.3, -0.25) is 14.4 Å². The molecule has 5 N–H and O–H groups in total. The van der Waals surface area contributed by atoms with Gasteiger partial charge in [0, 0.05) is 36.0 Å². The van der Waals surface area contributed by atoms with Crippen LogP contribution in [0.2, 0.25) is 0 Å². The maximum absolute atomic E-state index is 13.0. The number of unbranched alkanes of at least 4 members (excludes halogenated alkanes) is 1. The number of nitrogens with zero attached hydrogens (tertiary/aromatic N) is 2. The fourth-order valence-electron chi connectivity index (χ4n) is 5.25. The highest BCUT2D eigenvalue weighted by atomic mass is 16.5. The lowest BCUT2D eigenvalue weighted by Crippen LogP contribution is -2.38. The number of carboxylic acid groups (broad SMARTS) is 1. The summed E-state index contributed by atoms with van der Waals surface area (Å²) in [5.41, 5.74) is 3.41.